The van der Waals surface area contributed by atoms with Crippen molar-refractivity contribution in [3.63, 3.8) is 0 Å². The van der Waals surface area contributed by atoms with Crippen LogP contribution in [0.15, 0.2) is 29.1 Å². The zero-order valence-electron chi connectivity index (χ0n) is 13.9. The zero-order chi connectivity index (χ0) is 17.1. The van der Waals surface area contributed by atoms with E-state index in [1.165, 1.54) is 6.07 Å². The largest absolute Gasteiger partial charge is 0.497 e. The molecule has 0 aliphatic carbocycles. The highest BCUT2D eigenvalue weighted by atomic mass is 16.5. The average Bonchev–Trinajstić information content (AvgIpc) is 2.61. The molecule has 2 aromatic rings. The number of carbonyl (C=O) groups is 1. The van der Waals surface area contributed by atoms with Crippen molar-refractivity contribution < 1.29 is 9.53 Å². The van der Waals surface area contributed by atoms with E-state index >= 15 is 0 Å². The van der Waals surface area contributed by atoms with Gasteiger partial charge in [0.05, 0.1) is 12.6 Å². The van der Waals surface area contributed by atoms with Gasteiger partial charge in [0.15, 0.2) is 6.29 Å². The molecule has 1 aliphatic heterocycles. The Hall–Kier alpha value is -2.18. The molecule has 1 aliphatic rings. The Kier molecular flexibility index (Phi) is 4.97. The fourth-order valence-electron chi connectivity index (χ4n) is 3.26. The molecule has 0 radical (unpaired) electrons. The number of ether oxygens (including phenoxy) is 1. The second-order valence-corrected chi connectivity index (χ2v) is 6.27. The molecule has 0 spiro atoms. The van der Waals surface area contributed by atoms with Crippen LogP contribution in [0, 0.1) is 0 Å². The van der Waals surface area contributed by atoms with Crippen molar-refractivity contribution in [2.75, 3.05) is 26.7 Å². The standard InChI is InChI=1S/C18H23N3O3/c1-24-15-2-3-16-13(12-22)10-18(23)21(17(16)11-15)9-8-20-6-4-14(19)5-7-20/h2-3,10-12,14H,4-9,19H2,1H3. The van der Waals surface area contributed by atoms with Crippen molar-refractivity contribution in [1.29, 1.82) is 0 Å². The SMILES string of the molecule is COc1ccc2c(C=O)cc(=O)n(CCN3CCC(N)CC3)c2c1. The van der Waals surface area contributed by atoms with E-state index in [-0.39, 0.29) is 5.56 Å². The van der Waals surface area contributed by atoms with E-state index in [9.17, 15) is 9.59 Å². The minimum absolute atomic E-state index is 0.161. The fourth-order valence-corrected chi connectivity index (χ4v) is 3.26. The highest BCUT2D eigenvalue weighted by Crippen LogP contribution is 2.22. The molecule has 1 fully saturated rings. The van der Waals surface area contributed by atoms with Crippen molar-refractivity contribution in [2.45, 2.75) is 25.4 Å². The Morgan fingerprint density at radius 2 is 2.00 bits per heavy atom. The van der Waals surface area contributed by atoms with E-state index in [2.05, 4.69) is 4.90 Å². The maximum Gasteiger partial charge on any atom is 0.251 e. The molecule has 1 saturated heterocycles. The Morgan fingerprint density at radius 3 is 2.67 bits per heavy atom. The molecular weight excluding hydrogens is 306 g/mol. The van der Waals surface area contributed by atoms with Crippen LogP contribution in [-0.2, 0) is 6.54 Å². The third kappa shape index (κ3) is 3.34. The molecule has 0 bridgehead atoms. The van der Waals surface area contributed by atoms with E-state index in [0.29, 0.717) is 23.9 Å². The summed E-state index contributed by atoms with van der Waals surface area (Å²) >= 11 is 0. The first kappa shape index (κ1) is 16.7. The van der Waals surface area contributed by atoms with E-state index in [1.54, 1.807) is 17.7 Å². The first-order valence-corrected chi connectivity index (χ1v) is 8.27. The van der Waals surface area contributed by atoms with Gasteiger partial charge in [0.1, 0.15) is 5.75 Å². The number of nitrogens with zero attached hydrogens (tertiary/aromatic N) is 2. The van der Waals surface area contributed by atoms with E-state index < -0.39 is 0 Å². The fraction of sp³-hybridized carbons (Fsp3) is 0.444. The van der Waals surface area contributed by atoms with Gasteiger partial charge in [-0.2, -0.15) is 0 Å². The van der Waals surface area contributed by atoms with Gasteiger partial charge in [0.25, 0.3) is 5.56 Å². The summed E-state index contributed by atoms with van der Waals surface area (Å²) in [4.78, 5) is 26.1. The van der Waals surface area contributed by atoms with Gasteiger partial charge >= 0.3 is 0 Å². The molecule has 128 valence electrons. The van der Waals surface area contributed by atoms with Gasteiger partial charge in [-0.25, -0.2) is 0 Å². The molecule has 6 nitrogen and oxygen atoms in total. The van der Waals surface area contributed by atoms with Crippen molar-refractivity contribution in [3.8, 4) is 5.75 Å². The van der Waals surface area contributed by atoms with Gasteiger partial charge < -0.3 is 19.9 Å². The highest BCUT2D eigenvalue weighted by molar-refractivity contribution is 5.96. The van der Waals surface area contributed by atoms with E-state index in [4.69, 9.17) is 10.5 Å². The first-order chi connectivity index (χ1) is 11.6. The van der Waals surface area contributed by atoms with Crippen molar-refractivity contribution in [1.82, 2.24) is 9.47 Å². The number of aldehydes is 1. The Bertz CT molecular complexity index is 792. The summed E-state index contributed by atoms with van der Waals surface area (Å²) in [6, 6.07) is 7.15. The van der Waals surface area contributed by atoms with Crippen LogP contribution in [0.3, 0.4) is 0 Å². The highest BCUT2D eigenvalue weighted by Gasteiger charge is 2.16. The van der Waals surface area contributed by atoms with Gasteiger partial charge in [-0.15, -0.1) is 0 Å². The van der Waals surface area contributed by atoms with Gasteiger partial charge in [0, 0.05) is 42.2 Å². The smallest absolute Gasteiger partial charge is 0.251 e. The Labute approximate surface area is 140 Å². The second-order valence-electron chi connectivity index (χ2n) is 6.27. The normalized spacial score (nSPS) is 16.4. The topological polar surface area (TPSA) is 77.6 Å². The van der Waals surface area contributed by atoms with E-state index in [1.807, 2.05) is 12.1 Å². The van der Waals surface area contributed by atoms with Crippen LogP contribution in [0.2, 0.25) is 0 Å². The summed E-state index contributed by atoms with van der Waals surface area (Å²) < 4.78 is 6.99. The minimum atomic E-state index is -0.161. The van der Waals surface area contributed by atoms with Crippen LogP contribution >= 0.6 is 0 Å². The number of carbonyl (C=O) groups excluding carboxylic acids is 1. The molecule has 24 heavy (non-hydrogen) atoms. The lowest BCUT2D eigenvalue weighted by atomic mass is 10.1. The number of aromatic nitrogens is 1. The van der Waals surface area contributed by atoms with Crippen LogP contribution < -0.4 is 16.0 Å². The maximum absolute atomic E-state index is 12.5. The van der Waals surface area contributed by atoms with Crippen LogP contribution in [0.4, 0.5) is 0 Å². The van der Waals surface area contributed by atoms with Gasteiger partial charge in [0.2, 0.25) is 0 Å². The third-order valence-corrected chi connectivity index (χ3v) is 4.75. The number of nitrogens with two attached hydrogens (primary N) is 1. The molecular formula is C18H23N3O3. The van der Waals surface area contributed by atoms with Gasteiger partial charge in [-0.1, -0.05) is 0 Å². The first-order valence-electron chi connectivity index (χ1n) is 8.27. The summed E-state index contributed by atoms with van der Waals surface area (Å²) in [6.07, 6.45) is 2.72. The summed E-state index contributed by atoms with van der Waals surface area (Å²) in [7, 11) is 1.59. The summed E-state index contributed by atoms with van der Waals surface area (Å²) in [6.45, 7) is 3.30. The number of likely N-dealkylation sites (tertiary alicyclic amines) is 1. The summed E-state index contributed by atoms with van der Waals surface area (Å²) in [5, 5.41) is 0.770. The quantitative estimate of drug-likeness (QED) is 0.835. The molecule has 0 amide bonds. The number of methoxy groups -OCH3 is 1. The predicted octanol–water partition coefficient (Wildman–Crippen LogP) is 1.25. The summed E-state index contributed by atoms with van der Waals surface area (Å²) in [5.41, 5.74) is 6.93. The average molecular weight is 329 g/mol. The zero-order valence-corrected chi connectivity index (χ0v) is 13.9. The van der Waals surface area contributed by atoms with Crippen molar-refractivity contribution >= 4 is 17.2 Å². The lowest BCUT2D eigenvalue weighted by Crippen LogP contribution is -2.41. The summed E-state index contributed by atoms with van der Waals surface area (Å²) in [5.74, 6) is 0.669. The number of pyridine rings is 1. The number of benzene rings is 1. The molecule has 2 heterocycles. The van der Waals surface area contributed by atoms with Gasteiger partial charge in [-0.05, 0) is 38.1 Å². The predicted molar refractivity (Wildman–Crippen MR) is 93.8 cm³/mol. The third-order valence-electron chi connectivity index (χ3n) is 4.75. The maximum atomic E-state index is 12.5. The monoisotopic (exact) mass is 329 g/mol. The molecule has 1 aromatic carbocycles. The molecule has 0 unspecified atom stereocenters. The number of piperidine rings is 1. The van der Waals surface area contributed by atoms with Crippen LogP contribution in [0.5, 0.6) is 5.75 Å². The molecule has 6 heteroatoms. The van der Waals surface area contributed by atoms with Crippen molar-refractivity contribution in [3.05, 3.63) is 40.2 Å². The number of hydrogen-bond donors (Lipinski definition) is 1. The number of rotatable bonds is 5. The number of fused-ring (bicyclic) bond motifs is 1. The van der Waals surface area contributed by atoms with Crippen LogP contribution in [-0.4, -0.2) is 48.5 Å². The van der Waals surface area contributed by atoms with Crippen LogP contribution in [0.1, 0.15) is 23.2 Å². The molecule has 3 rings (SSSR count). The molecule has 0 atom stereocenters. The van der Waals surface area contributed by atoms with Crippen molar-refractivity contribution in [2.24, 2.45) is 5.73 Å². The Balaban J connectivity index is 1.92. The lowest BCUT2D eigenvalue weighted by molar-refractivity contribution is 0.112. The molecule has 2 N–H and O–H groups in total. The minimum Gasteiger partial charge on any atom is -0.497 e. The number of hydrogen-bond acceptors (Lipinski definition) is 5. The molecule has 1 aromatic heterocycles. The Morgan fingerprint density at radius 1 is 1.25 bits per heavy atom. The van der Waals surface area contributed by atoms with Gasteiger partial charge in [-0.3, -0.25) is 9.59 Å². The van der Waals surface area contributed by atoms with E-state index in [0.717, 1.165) is 49.7 Å². The lowest BCUT2D eigenvalue weighted by Gasteiger charge is -2.30. The van der Waals surface area contributed by atoms with Crippen LogP contribution in [0.25, 0.3) is 10.9 Å². The second kappa shape index (κ2) is 7.15. The molecule has 0 saturated carbocycles.